The van der Waals surface area contributed by atoms with Gasteiger partial charge in [-0.25, -0.2) is 0 Å². The van der Waals surface area contributed by atoms with E-state index >= 15 is 0 Å². The molecule has 1 rings (SSSR count). The Morgan fingerprint density at radius 1 is 1.27 bits per heavy atom. The monoisotopic (exact) mass is 207 g/mol. The molecule has 0 amide bonds. The van der Waals surface area contributed by atoms with Crippen molar-refractivity contribution >= 4 is 0 Å². The lowest BCUT2D eigenvalue weighted by Gasteiger charge is -2.18. The zero-order chi connectivity index (χ0) is 11.4. The Hall–Kier alpha value is -1.02. The van der Waals surface area contributed by atoms with E-state index in [1.54, 1.807) is 7.11 Å². The number of hydrogen-bond acceptors (Lipinski definition) is 2. The predicted molar refractivity (Wildman–Crippen MR) is 64.3 cm³/mol. The van der Waals surface area contributed by atoms with E-state index in [4.69, 9.17) is 10.5 Å². The molecule has 0 aliphatic carbocycles. The molecule has 1 unspecified atom stereocenters. The Labute approximate surface area is 92.4 Å². The van der Waals surface area contributed by atoms with Gasteiger partial charge in [0.15, 0.2) is 0 Å². The van der Waals surface area contributed by atoms with Crippen molar-refractivity contribution in [1.82, 2.24) is 0 Å². The molecule has 2 nitrogen and oxygen atoms in total. The van der Waals surface area contributed by atoms with E-state index in [0.29, 0.717) is 0 Å². The average Bonchev–Trinajstić information content (AvgIpc) is 2.16. The molecule has 1 atom stereocenters. The van der Waals surface area contributed by atoms with Gasteiger partial charge in [-0.15, -0.1) is 0 Å². The highest BCUT2D eigenvalue weighted by molar-refractivity contribution is 5.42. The Kier molecular flexibility index (Phi) is 4.15. The summed E-state index contributed by atoms with van der Waals surface area (Å²) in [6, 6.07) is 4.26. The van der Waals surface area contributed by atoms with Crippen molar-refractivity contribution < 1.29 is 4.74 Å². The van der Waals surface area contributed by atoms with E-state index in [0.717, 1.165) is 18.6 Å². The first kappa shape index (κ1) is 12.1. The van der Waals surface area contributed by atoms with Crippen molar-refractivity contribution in [2.24, 2.45) is 5.73 Å². The van der Waals surface area contributed by atoms with Gasteiger partial charge in [0, 0.05) is 6.04 Å². The first-order valence-electron chi connectivity index (χ1n) is 5.50. The topological polar surface area (TPSA) is 35.2 Å². The SMILES string of the molecule is CCCC(N)c1c(C)cc(OC)cc1C. The van der Waals surface area contributed by atoms with E-state index in [1.165, 1.54) is 16.7 Å². The second-order valence-electron chi connectivity index (χ2n) is 4.07. The molecule has 0 fully saturated rings. The van der Waals surface area contributed by atoms with Crippen molar-refractivity contribution in [2.45, 2.75) is 39.7 Å². The minimum absolute atomic E-state index is 0.154. The van der Waals surface area contributed by atoms with Crippen LogP contribution in [0.5, 0.6) is 5.75 Å². The molecule has 0 radical (unpaired) electrons. The van der Waals surface area contributed by atoms with Gasteiger partial charge in [0.2, 0.25) is 0 Å². The summed E-state index contributed by atoms with van der Waals surface area (Å²) in [6.07, 6.45) is 2.15. The fourth-order valence-electron chi connectivity index (χ4n) is 2.09. The Balaban J connectivity index is 3.07. The van der Waals surface area contributed by atoms with Gasteiger partial charge in [0.25, 0.3) is 0 Å². The average molecular weight is 207 g/mol. The third-order valence-electron chi connectivity index (χ3n) is 2.77. The van der Waals surface area contributed by atoms with Crippen LogP contribution < -0.4 is 10.5 Å². The number of hydrogen-bond donors (Lipinski definition) is 1. The van der Waals surface area contributed by atoms with E-state index in [2.05, 4.69) is 32.9 Å². The molecule has 0 heterocycles. The lowest BCUT2D eigenvalue weighted by Crippen LogP contribution is -2.13. The molecule has 1 aromatic rings. The van der Waals surface area contributed by atoms with Crippen LogP contribution in [-0.4, -0.2) is 7.11 Å². The summed E-state index contributed by atoms with van der Waals surface area (Å²) in [7, 11) is 1.69. The zero-order valence-corrected chi connectivity index (χ0v) is 10.1. The van der Waals surface area contributed by atoms with Crippen molar-refractivity contribution in [3.05, 3.63) is 28.8 Å². The van der Waals surface area contributed by atoms with Crippen molar-refractivity contribution in [3.63, 3.8) is 0 Å². The highest BCUT2D eigenvalue weighted by Crippen LogP contribution is 2.27. The van der Waals surface area contributed by atoms with Crippen molar-refractivity contribution in [3.8, 4) is 5.75 Å². The highest BCUT2D eigenvalue weighted by Gasteiger charge is 2.12. The van der Waals surface area contributed by atoms with Gasteiger partial charge in [0.05, 0.1) is 7.11 Å². The molecular formula is C13H21NO. The van der Waals surface area contributed by atoms with Crippen LogP contribution in [0.4, 0.5) is 0 Å². The Morgan fingerprint density at radius 2 is 1.80 bits per heavy atom. The molecule has 1 aromatic carbocycles. The number of rotatable bonds is 4. The lowest BCUT2D eigenvalue weighted by molar-refractivity contribution is 0.413. The quantitative estimate of drug-likeness (QED) is 0.823. The Bertz CT molecular complexity index is 310. The molecule has 15 heavy (non-hydrogen) atoms. The second-order valence-corrected chi connectivity index (χ2v) is 4.07. The van der Waals surface area contributed by atoms with Crippen LogP contribution in [0.3, 0.4) is 0 Å². The van der Waals surface area contributed by atoms with Crippen LogP contribution in [0.1, 0.15) is 42.5 Å². The maximum absolute atomic E-state index is 6.16. The molecule has 0 saturated heterocycles. The van der Waals surface area contributed by atoms with E-state index in [-0.39, 0.29) is 6.04 Å². The first-order valence-corrected chi connectivity index (χ1v) is 5.50. The molecule has 0 saturated carbocycles. The summed E-state index contributed by atoms with van der Waals surface area (Å²) in [5.41, 5.74) is 9.89. The molecule has 84 valence electrons. The number of methoxy groups -OCH3 is 1. The second kappa shape index (κ2) is 5.17. The normalized spacial score (nSPS) is 12.6. The molecule has 0 bridgehead atoms. The molecule has 2 heteroatoms. The Morgan fingerprint density at radius 3 is 2.20 bits per heavy atom. The van der Waals surface area contributed by atoms with Gasteiger partial charge in [0.1, 0.15) is 5.75 Å². The molecule has 0 aliphatic rings. The van der Waals surface area contributed by atoms with Gasteiger partial charge in [-0.1, -0.05) is 13.3 Å². The van der Waals surface area contributed by atoms with Crippen LogP contribution >= 0.6 is 0 Å². The minimum Gasteiger partial charge on any atom is -0.497 e. The number of nitrogens with two attached hydrogens (primary N) is 1. The molecule has 0 aliphatic heterocycles. The third-order valence-corrected chi connectivity index (χ3v) is 2.77. The highest BCUT2D eigenvalue weighted by atomic mass is 16.5. The van der Waals surface area contributed by atoms with Gasteiger partial charge >= 0.3 is 0 Å². The van der Waals surface area contributed by atoms with Crippen LogP contribution in [-0.2, 0) is 0 Å². The minimum atomic E-state index is 0.154. The van der Waals surface area contributed by atoms with Gasteiger partial charge in [-0.2, -0.15) is 0 Å². The standard InChI is InChI=1S/C13H21NO/c1-5-6-12(14)13-9(2)7-11(15-4)8-10(13)3/h7-8,12H,5-6,14H2,1-4H3. The fraction of sp³-hybridized carbons (Fsp3) is 0.538. The number of benzene rings is 1. The number of aryl methyl sites for hydroxylation is 2. The van der Waals surface area contributed by atoms with Gasteiger partial charge in [-0.05, 0) is 49.1 Å². The van der Waals surface area contributed by atoms with Crippen LogP contribution in [0, 0.1) is 13.8 Å². The van der Waals surface area contributed by atoms with Crippen LogP contribution in [0.2, 0.25) is 0 Å². The fourth-order valence-corrected chi connectivity index (χ4v) is 2.09. The van der Waals surface area contributed by atoms with Crippen molar-refractivity contribution in [2.75, 3.05) is 7.11 Å². The first-order chi connectivity index (χ1) is 7.10. The number of ether oxygens (including phenoxy) is 1. The molecule has 0 spiro atoms. The van der Waals surface area contributed by atoms with E-state index in [9.17, 15) is 0 Å². The van der Waals surface area contributed by atoms with E-state index in [1.807, 2.05) is 0 Å². The molecular weight excluding hydrogens is 186 g/mol. The zero-order valence-electron chi connectivity index (χ0n) is 10.1. The van der Waals surface area contributed by atoms with E-state index < -0.39 is 0 Å². The summed E-state index contributed by atoms with van der Waals surface area (Å²) >= 11 is 0. The van der Waals surface area contributed by atoms with Crippen LogP contribution in [0.15, 0.2) is 12.1 Å². The molecule has 2 N–H and O–H groups in total. The van der Waals surface area contributed by atoms with Crippen LogP contribution in [0.25, 0.3) is 0 Å². The summed E-state index contributed by atoms with van der Waals surface area (Å²) < 4.78 is 5.23. The smallest absolute Gasteiger partial charge is 0.119 e. The molecule has 0 aromatic heterocycles. The maximum atomic E-state index is 6.16. The largest absolute Gasteiger partial charge is 0.497 e. The van der Waals surface area contributed by atoms with Gasteiger partial charge in [-0.3, -0.25) is 0 Å². The maximum Gasteiger partial charge on any atom is 0.119 e. The summed E-state index contributed by atoms with van der Waals surface area (Å²) in [5, 5.41) is 0. The summed E-state index contributed by atoms with van der Waals surface area (Å²) in [6.45, 7) is 6.36. The van der Waals surface area contributed by atoms with Crippen molar-refractivity contribution in [1.29, 1.82) is 0 Å². The lowest BCUT2D eigenvalue weighted by atomic mass is 9.94. The predicted octanol–water partition coefficient (Wildman–Crippen LogP) is 3.11. The summed E-state index contributed by atoms with van der Waals surface area (Å²) in [5.74, 6) is 0.914. The third kappa shape index (κ3) is 2.72. The van der Waals surface area contributed by atoms with Gasteiger partial charge < -0.3 is 10.5 Å². The summed E-state index contributed by atoms with van der Waals surface area (Å²) in [4.78, 5) is 0.